The summed E-state index contributed by atoms with van der Waals surface area (Å²) in [6, 6.07) is 0. The second kappa shape index (κ2) is 7.69. The molecule has 0 saturated heterocycles. The highest BCUT2D eigenvalue weighted by Crippen LogP contribution is 2.27. The van der Waals surface area contributed by atoms with Gasteiger partial charge in [0.25, 0.3) is 0 Å². The van der Waals surface area contributed by atoms with Gasteiger partial charge < -0.3 is 22.3 Å². The van der Waals surface area contributed by atoms with E-state index >= 15 is 0 Å². The van der Waals surface area contributed by atoms with Crippen LogP contribution in [0.3, 0.4) is 0 Å². The maximum absolute atomic E-state index is 11.3. The number of aliphatic hydroxyl groups is 1. The van der Waals surface area contributed by atoms with E-state index in [0.29, 0.717) is 30.5 Å². The zero-order valence-corrected chi connectivity index (χ0v) is 12.0. The van der Waals surface area contributed by atoms with Gasteiger partial charge in [-0.1, -0.05) is 13.5 Å². The molecule has 5 heteroatoms. The van der Waals surface area contributed by atoms with Crippen LogP contribution >= 0.6 is 0 Å². The molecule has 1 N–H and O–H groups in total. The van der Waals surface area contributed by atoms with E-state index in [1.165, 1.54) is 0 Å². The van der Waals surface area contributed by atoms with Crippen LogP contribution in [0.1, 0.15) is 34.1 Å². The van der Waals surface area contributed by atoms with Crippen molar-refractivity contribution in [3.05, 3.63) is 12.7 Å². The second-order valence-electron chi connectivity index (χ2n) is 3.82. The third kappa shape index (κ3) is 3.69. The van der Waals surface area contributed by atoms with E-state index in [-0.39, 0.29) is 12.4 Å². The Balaban J connectivity index is 0. The molecule has 0 aromatic heterocycles. The Labute approximate surface area is 110 Å². The number of carbonyl (C=O) groups excluding carboxylic acids is 1. The zero-order valence-electron chi connectivity index (χ0n) is 11.2. The lowest BCUT2D eigenvalue weighted by molar-refractivity contribution is -1.02. The molecule has 1 unspecified atom stereocenters. The fourth-order valence-electron chi connectivity index (χ4n) is 2.12. The summed E-state index contributed by atoms with van der Waals surface area (Å²) in [6.45, 7) is 13.2. The maximum Gasteiger partial charge on any atom is 0.360 e. The highest BCUT2D eigenvalue weighted by molar-refractivity contribution is 5.81. The summed E-state index contributed by atoms with van der Waals surface area (Å²) in [5.74, 6) is -2.04. The molecule has 17 heavy (non-hydrogen) atoms. The third-order valence-corrected chi connectivity index (χ3v) is 3.45. The fraction of sp³-hybridized carbons (Fsp3) is 0.750. The molecule has 102 valence electrons. The van der Waals surface area contributed by atoms with Gasteiger partial charge in [-0.25, -0.2) is 4.79 Å². The minimum absolute atomic E-state index is 0. The summed E-state index contributed by atoms with van der Waals surface area (Å²) in [4.78, 5) is 11.3. The van der Waals surface area contributed by atoms with Gasteiger partial charge in [0.2, 0.25) is 0 Å². The molecule has 0 saturated carbocycles. The first-order chi connectivity index (χ1) is 7.45. The Hall–Kier alpha value is -0.580. The van der Waals surface area contributed by atoms with E-state index < -0.39 is 11.9 Å². The summed E-state index contributed by atoms with van der Waals surface area (Å²) in [5.41, 5.74) is 0. The van der Waals surface area contributed by atoms with Crippen LogP contribution in [-0.2, 0) is 9.53 Å². The number of carbonyl (C=O) groups is 1. The van der Waals surface area contributed by atoms with Crippen LogP contribution < -0.4 is 12.4 Å². The van der Waals surface area contributed by atoms with Crippen LogP contribution in [0.2, 0.25) is 0 Å². The van der Waals surface area contributed by atoms with Crippen molar-refractivity contribution in [1.29, 1.82) is 0 Å². The maximum atomic E-state index is 11.3. The average Bonchev–Trinajstić information content (AvgIpc) is 2.31. The van der Waals surface area contributed by atoms with Crippen molar-refractivity contribution < 1.29 is 31.5 Å². The summed E-state index contributed by atoms with van der Waals surface area (Å²) in [7, 11) is 0. The van der Waals surface area contributed by atoms with Crippen molar-refractivity contribution in [1.82, 2.24) is 0 Å². The molecule has 0 aliphatic rings. The van der Waals surface area contributed by atoms with Gasteiger partial charge in [-0.3, -0.25) is 4.48 Å². The minimum atomic E-state index is -1.45. The molecule has 0 amide bonds. The predicted octanol–water partition coefficient (Wildman–Crippen LogP) is -1.35. The van der Waals surface area contributed by atoms with E-state index in [1.54, 1.807) is 0 Å². The lowest BCUT2D eigenvalue weighted by Gasteiger charge is -2.46. The summed E-state index contributed by atoms with van der Waals surface area (Å²) >= 11 is 0. The normalized spacial score (nSPS) is 14.4. The number of hydrogen-bond acceptors (Lipinski definition) is 3. The SMILES string of the molecule is C=CC(=O)OC(O)(CC)[N+](CC)(CC)CC.[Cl-]. The van der Waals surface area contributed by atoms with E-state index in [1.807, 2.05) is 27.7 Å². The van der Waals surface area contributed by atoms with E-state index in [9.17, 15) is 9.90 Å². The molecule has 0 rings (SSSR count). The van der Waals surface area contributed by atoms with E-state index in [2.05, 4.69) is 6.58 Å². The fourth-order valence-corrected chi connectivity index (χ4v) is 2.12. The molecule has 0 fully saturated rings. The van der Waals surface area contributed by atoms with Gasteiger partial charge in [0.15, 0.2) is 0 Å². The highest BCUT2D eigenvalue weighted by Gasteiger charge is 2.49. The Kier molecular flexibility index (Phi) is 8.49. The summed E-state index contributed by atoms with van der Waals surface area (Å²) < 4.78 is 5.50. The largest absolute Gasteiger partial charge is 1.00 e. The molecule has 0 aliphatic heterocycles. The molecule has 1 atom stereocenters. The molecule has 0 spiro atoms. The number of ether oxygens (including phenoxy) is 1. The lowest BCUT2D eigenvalue weighted by Crippen LogP contribution is -3.00. The molecular weight excluding hydrogens is 242 g/mol. The Morgan fingerprint density at radius 3 is 1.94 bits per heavy atom. The van der Waals surface area contributed by atoms with E-state index in [0.717, 1.165) is 6.08 Å². The smallest absolute Gasteiger partial charge is 0.360 e. The number of halogens is 1. The van der Waals surface area contributed by atoms with Gasteiger partial charge in [0.1, 0.15) is 0 Å². The van der Waals surface area contributed by atoms with Crippen molar-refractivity contribution in [2.24, 2.45) is 0 Å². The first-order valence-corrected chi connectivity index (χ1v) is 5.89. The third-order valence-electron chi connectivity index (χ3n) is 3.45. The molecule has 0 aromatic carbocycles. The van der Waals surface area contributed by atoms with Crippen LogP contribution in [0.15, 0.2) is 12.7 Å². The average molecular weight is 266 g/mol. The van der Waals surface area contributed by atoms with Crippen LogP contribution in [0.4, 0.5) is 0 Å². The number of rotatable bonds is 7. The standard InChI is InChI=1S/C12H24NO3.ClH/c1-6-11(14)16-12(15,7-2)13(8-3,9-4)10-5;/h6,15H,1,7-10H2,2-5H3;1H/q+1;/p-1. The number of hydrogen-bond donors (Lipinski definition) is 1. The molecule has 0 aliphatic carbocycles. The predicted molar refractivity (Wildman–Crippen MR) is 63.4 cm³/mol. The first-order valence-electron chi connectivity index (χ1n) is 5.89. The Bertz CT molecular complexity index is 246. The molecule has 0 aromatic rings. The first kappa shape index (κ1) is 18.8. The van der Waals surface area contributed by atoms with Crippen molar-refractivity contribution >= 4 is 5.97 Å². The zero-order chi connectivity index (χ0) is 12.8. The Morgan fingerprint density at radius 1 is 1.29 bits per heavy atom. The van der Waals surface area contributed by atoms with Crippen molar-refractivity contribution in [2.75, 3.05) is 19.6 Å². The monoisotopic (exact) mass is 265 g/mol. The van der Waals surface area contributed by atoms with Crippen molar-refractivity contribution in [3.8, 4) is 0 Å². The van der Waals surface area contributed by atoms with Crippen LogP contribution in [0.5, 0.6) is 0 Å². The van der Waals surface area contributed by atoms with E-state index in [4.69, 9.17) is 4.74 Å². The van der Waals surface area contributed by atoms with Gasteiger partial charge in [0.05, 0.1) is 26.1 Å². The van der Waals surface area contributed by atoms with Crippen LogP contribution in [-0.4, -0.2) is 41.1 Å². The lowest BCUT2D eigenvalue weighted by atomic mass is 10.2. The second-order valence-corrected chi connectivity index (χ2v) is 3.82. The topological polar surface area (TPSA) is 46.5 Å². The van der Waals surface area contributed by atoms with Crippen molar-refractivity contribution in [3.63, 3.8) is 0 Å². The molecular formula is C12H24ClNO3. The molecule has 0 heterocycles. The number of nitrogens with zero attached hydrogens (tertiary/aromatic N) is 1. The van der Waals surface area contributed by atoms with Crippen molar-refractivity contribution in [2.45, 2.75) is 40.0 Å². The van der Waals surface area contributed by atoms with Gasteiger partial charge in [-0.2, -0.15) is 0 Å². The minimum Gasteiger partial charge on any atom is -1.00 e. The molecule has 4 nitrogen and oxygen atoms in total. The summed E-state index contributed by atoms with van der Waals surface area (Å²) in [6.07, 6.45) is 1.44. The molecule has 0 radical (unpaired) electrons. The van der Waals surface area contributed by atoms with Gasteiger partial charge in [-0.15, -0.1) is 0 Å². The van der Waals surface area contributed by atoms with Gasteiger partial charge >= 0.3 is 11.9 Å². The number of esters is 1. The summed E-state index contributed by atoms with van der Waals surface area (Å²) in [5, 5.41) is 10.5. The molecule has 0 bridgehead atoms. The van der Waals surface area contributed by atoms with Gasteiger partial charge in [0, 0.05) is 6.08 Å². The Morgan fingerprint density at radius 2 is 1.71 bits per heavy atom. The van der Waals surface area contributed by atoms with Crippen LogP contribution in [0, 0.1) is 0 Å². The van der Waals surface area contributed by atoms with Crippen LogP contribution in [0.25, 0.3) is 0 Å². The number of quaternary nitrogens is 1. The quantitative estimate of drug-likeness (QED) is 0.268. The highest BCUT2D eigenvalue weighted by atomic mass is 35.5. The van der Waals surface area contributed by atoms with Gasteiger partial charge in [-0.05, 0) is 20.8 Å².